The SMILES string of the molecule is COC(=O)c1cc(S(=O)(=O)N2CSCC2C(=O)N(C)C2CC2)ccc1Br. The second kappa shape index (κ2) is 7.49. The van der Waals surface area contributed by atoms with Crippen molar-refractivity contribution in [3.05, 3.63) is 28.2 Å². The van der Waals surface area contributed by atoms with Gasteiger partial charge in [0.1, 0.15) is 6.04 Å². The predicted molar refractivity (Wildman–Crippen MR) is 101 cm³/mol. The third kappa shape index (κ3) is 3.64. The maximum Gasteiger partial charge on any atom is 0.339 e. The van der Waals surface area contributed by atoms with Crippen molar-refractivity contribution in [1.82, 2.24) is 9.21 Å². The summed E-state index contributed by atoms with van der Waals surface area (Å²) >= 11 is 4.63. The highest BCUT2D eigenvalue weighted by Crippen LogP contribution is 2.33. The van der Waals surface area contributed by atoms with E-state index >= 15 is 0 Å². The molecule has 3 rings (SSSR count). The Morgan fingerprint density at radius 1 is 1.35 bits per heavy atom. The first-order chi connectivity index (χ1) is 12.3. The Labute approximate surface area is 165 Å². The van der Waals surface area contributed by atoms with Crippen LogP contribution in [0.3, 0.4) is 0 Å². The van der Waals surface area contributed by atoms with Crippen LogP contribution in [0.2, 0.25) is 0 Å². The maximum atomic E-state index is 13.1. The van der Waals surface area contributed by atoms with Gasteiger partial charge in [0.2, 0.25) is 15.9 Å². The molecule has 1 aliphatic heterocycles. The summed E-state index contributed by atoms with van der Waals surface area (Å²) in [4.78, 5) is 26.2. The molecule has 0 bridgehead atoms. The van der Waals surface area contributed by atoms with E-state index in [1.165, 1.54) is 41.4 Å². The monoisotopic (exact) mass is 462 g/mol. The first kappa shape index (κ1) is 19.7. The molecule has 142 valence electrons. The van der Waals surface area contributed by atoms with Crippen molar-refractivity contribution in [2.75, 3.05) is 25.8 Å². The van der Waals surface area contributed by atoms with E-state index in [9.17, 15) is 18.0 Å². The number of thioether (sulfide) groups is 1. The fraction of sp³-hybridized carbons (Fsp3) is 0.500. The molecule has 0 spiro atoms. The Morgan fingerprint density at radius 3 is 2.65 bits per heavy atom. The number of sulfonamides is 1. The minimum absolute atomic E-state index is 0.0320. The fourth-order valence-corrected chi connectivity index (χ4v) is 6.37. The third-order valence-corrected chi connectivity index (χ3v) is 8.24. The molecule has 10 heteroatoms. The van der Waals surface area contributed by atoms with Gasteiger partial charge in [0, 0.05) is 23.3 Å². The van der Waals surface area contributed by atoms with Crippen molar-refractivity contribution >= 4 is 49.6 Å². The molecule has 26 heavy (non-hydrogen) atoms. The summed E-state index contributed by atoms with van der Waals surface area (Å²) in [6.45, 7) is 0. The zero-order valence-corrected chi connectivity index (χ0v) is 17.6. The van der Waals surface area contributed by atoms with Crippen molar-refractivity contribution in [2.24, 2.45) is 0 Å². The molecule has 0 N–H and O–H groups in total. The van der Waals surface area contributed by atoms with E-state index in [-0.39, 0.29) is 28.3 Å². The van der Waals surface area contributed by atoms with Gasteiger partial charge in [-0.2, -0.15) is 4.31 Å². The lowest BCUT2D eigenvalue weighted by Gasteiger charge is -2.27. The molecule has 1 atom stereocenters. The van der Waals surface area contributed by atoms with Gasteiger partial charge >= 0.3 is 5.97 Å². The van der Waals surface area contributed by atoms with E-state index in [2.05, 4.69) is 15.9 Å². The van der Waals surface area contributed by atoms with Gasteiger partial charge in [0.25, 0.3) is 0 Å². The molecule has 2 aliphatic rings. The Hall–Kier alpha value is -1.10. The average Bonchev–Trinajstić information content (AvgIpc) is 3.35. The smallest absolute Gasteiger partial charge is 0.339 e. The fourth-order valence-electron chi connectivity index (χ4n) is 2.80. The van der Waals surface area contributed by atoms with E-state index < -0.39 is 22.0 Å². The molecule has 1 aromatic rings. The minimum atomic E-state index is -3.92. The van der Waals surface area contributed by atoms with E-state index in [1.807, 2.05) is 0 Å². The van der Waals surface area contributed by atoms with Crippen LogP contribution in [0.5, 0.6) is 0 Å². The van der Waals surface area contributed by atoms with Crippen LogP contribution in [0.15, 0.2) is 27.6 Å². The summed E-state index contributed by atoms with van der Waals surface area (Å²) in [5, 5.41) is 0. The number of rotatable bonds is 5. The number of halogens is 1. The summed E-state index contributed by atoms with van der Waals surface area (Å²) in [7, 11) is -0.960. The second-order valence-corrected chi connectivity index (χ2v) is 9.97. The van der Waals surface area contributed by atoms with Gasteiger partial charge < -0.3 is 9.64 Å². The molecule has 1 aromatic carbocycles. The summed E-state index contributed by atoms with van der Waals surface area (Å²) in [6.07, 6.45) is 1.92. The van der Waals surface area contributed by atoms with Crippen LogP contribution in [-0.2, 0) is 19.6 Å². The number of amides is 1. The van der Waals surface area contributed by atoms with Crippen LogP contribution >= 0.6 is 27.7 Å². The minimum Gasteiger partial charge on any atom is -0.465 e. The number of benzene rings is 1. The molecular weight excluding hydrogens is 444 g/mol. The van der Waals surface area contributed by atoms with Crippen LogP contribution in [0, 0.1) is 0 Å². The predicted octanol–water partition coefficient (Wildman–Crippen LogP) is 1.92. The molecule has 2 fully saturated rings. The van der Waals surface area contributed by atoms with E-state index in [4.69, 9.17) is 4.74 Å². The van der Waals surface area contributed by atoms with E-state index in [0.29, 0.717) is 10.2 Å². The second-order valence-electron chi connectivity index (χ2n) is 6.22. The van der Waals surface area contributed by atoms with Crippen LogP contribution in [0.25, 0.3) is 0 Å². The Kier molecular flexibility index (Phi) is 5.66. The molecule has 1 saturated carbocycles. The molecule has 0 radical (unpaired) electrons. The number of ether oxygens (including phenoxy) is 1. The number of likely N-dealkylation sites (N-methyl/N-ethyl adjacent to an activating group) is 1. The normalized spacial score (nSPS) is 20.8. The zero-order chi connectivity index (χ0) is 19.1. The number of esters is 1. The number of carbonyl (C=O) groups is 2. The van der Waals surface area contributed by atoms with Gasteiger partial charge in [-0.3, -0.25) is 4.79 Å². The lowest BCUT2D eigenvalue weighted by molar-refractivity contribution is -0.133. The Bertz CT molecular complexity index is 841. The maximum absolute atomic E-state index is 13.1. The summed E-state index contributed by atoms with van der Waals surface area (Å²) < 4.78 is 32.6. The first-order valence-corrected chi connectivity index (χ1v) is 11.4. The number of hydrogen-bond donors (Lipinski definition) is 0. The average molecular weight is 463 g/mol. The highest BCUT2D eigenvalue weighted by molar-refractivity contribution is 9.10. The molecule has 1 heterocycles. The zero-order valence-electron chi connectivity index (χ0n) is 14.3. The van der Waals surface area contributed by atoms with Gasteiger partial charge in [-0.15, -0.1) is 11.8 Å². The Morgan fingerprint density at radius 2 is 2.04 bits per heavy atom. The van der Waals surface area contributed by atoms with Crippen molar-refractivity contribution in [2.45, 2.75) is 29.8 Å². The van der Waals surface area contributed by atoms with Crippen molar-refractivity contribution in [3.8, 4) is 0 Å². The van der Waals surface area contributed by atoms with E-state index in [1.54, 1.807) is 11.9 Å². The lowest BCUT2D eigenvalue weighted by Crippen LogP contribution is -2.48. The molecule has 1 amide bonds. The van der Waals surface area contributed by atoms with Gasteiger partial charge in [0.15, 0.2) is 0 Å². The van der Waals surface area contributed by atoms with Crippen LogP contribution in [-0.4, -0.2) is 67.4 Å². The van der Waals surface area contributed by atoms with Crippen LogP contribution in [0.1, 0.15) is 23.2 Å². The highest BCUT2D eigenvalue weighted by atomic mass is 79.9. The molecule has 7 nitrogen and oxygen atoms in total. The third-order valence-electron chi connectivity index (χ3n) is 4.52. The number of hydrogen-bond acceptors (Lipinski definition) is 6. The standard InChI is InChI=1S/C16H19BrN2O5S2/c1-18(10-3-4-10)15(20)14-8-25-9-19(14)26(22,23)11-5-6-13(17)12(7-11)16(21)24-2/h5-7,10,14H,3-4,8-9H2,1-2H3. The van der Waals surface area contributed by atoms with Crippen molar-refractivity contribution in [3.63, 3.8) is 0 Å². The largest absolute Gasteiger partial charge is 0.465 e. The van der Waals surface area contributed by atoms with Gasteiger partial charge in [-0.05, 0) is 47.0 Å². The van der Waals surface area contributed by atoms with Crippen LogP contribution in [0.4, 0.5) is 0 Å². The van der Waals surface area contributed by atoms with Crippen LogP contribution < -0.4 is 0 Å². The molecule has 1 saturated heterocycles. The van der Waals surface area contributed by atoms with Gasteiger partial charge in [-0.25, -0.2) is 13.2 Å². The van der Waals surface area contributed by atoms with Gasteiger partial charge in [0.05, 0.1) is 23.4 Å². The number of nitrogens with zero attached hydrogens (tertiary/aromatic N) is 2. The topological polar surface area (TPSA) is 84.0 Å². The Balaban J connectivity index is 1.91. The molecule has 0 aromatic heterocycles. The van der Waals surface area contributed by atoms with Crippen molar-refractivity contribution < 1.29 is 22.7 Å². The van der Waals surface area contributed by atoms with E-state index in [0.717, 1.165) is 12.8 Å². The summed E-state index contributed by atoms with van der Waals surface area (Å²) in [5.41, 5.74) is 0.124. The number of methoxy groups -OCH3 is 1. The molecule has 1 aliphatic carbocycles. The molecular formula is C16H19BrN2O5S2. The van der Waals surface area contributed by atoms with Gasteiger partial charge in [-0.1, -0.05) is 0 Å². The quantitative estimate of drug-likeness (QED) is 0.621. The number of carbonyl (C=O) groups excluding carboxylic acids is 2. The molecule has 1 unspecified atom stereocenters. The summed E-state index contributed by atoms with van der Waals surface area (Å²) in [6, 6.07) is 3.69. The summed E-state index contributed by atoms with van der Waals surface area (Å²) in [5.74, 6) is -0.173. The highest BCUT2D eigenvalue weighted by Gasteiger charge is 2.43. The lowest BCUT2D eigenvalue weighted by atomic mass is 10.2. The van der Waals surface area contributed by atoms with Crippen molar-refractivity contribution in [1.29, 1.82) is 0 Å². The first-order valence-electron chi connectivity index (χ1n) is 8.01.